The minimum absolute atomic E-state index is 0.0637. The van der Waals surface area contributed by atoms with Gasteiger partial charge in [-0.3, -0.25) is 13.8 Å². The molecule has 0 radical (unpaired) electrons. The molecule has 0 spiro atoms. The zero-order chi connectivity index (χ0) is 56.3. The first-order valence-electron chi connectivity index (χ1n) is 33.9. The van der Waals surface area contributed by atoms with Gasteiger partial charge in [-0.05, 0) is 51.4 Å². The molecule has 3 unspecified atom stereocenters. The maximum Gasteiger partial charge on any atom is 0.472 e. The zero-order valence-electron chi connectivity index (χ0n) is 52.2. The van der Waals surface area contributed by atoms with E-state index in [4.69, 9.17) is 9.05 Å². The summed E-state index contributed by atoms with van der Waals surface area (Å²) in [6, 6.07) is -0.846. The van der Waals surface area contributed by atoms with Crippen LogP contribution in [0.15, 0.2) is 36.5 Å². The first kappa shape index (κ1) is 75.7. The highest BCUT2D eigenvalue weighted by Crippen LogP contribution is 2.43. The molecule has 77 heavy (non-hydrogen) atoms. The van der Waals surface area contributed by atoms with Crippen LogP contribution in [-0.4, -0.2) is 73.4 Å². The van der Waals surface area contributed by atoms with E-state index in [1.165, 1.54) is 283 Å². The van der Waals surface area contributed by atoms with Crippen molar-refractivity contribution in [3.63, 3.8) is 0 Å². The Balaban J connectivity index is 4.03. The number of likely N-dealkylation sites (N-methyl/N-ethyl adjacent to an activating group) is 1. The van der Waals surface area contributed by atoms with E-state index in [0.29, 0.717) is 17.4 Å². The molecule has 0 bridgehead atoms. The summed E-state index contributed by atoms with van der Waals surface area (Å²) in [5, 5.41) is 14.0. The predicted molar refractivity (Wildman–Crippen MR) is 337 cm³/mol. The lowest BCUT2D eigenvalue weighted by Crippen LogP contribution is -2.45. The number of aliphatic hydroxyl groups is 1. The molecule has 1 amide bonds. The van der Waals surface area contributed by atoms with Crippen LogP contribution in [0.2, 0.25) is 0 Å². The van der Waals surface area contributed by atoms with Gasteiger partial charge in [0, 0.05) is 6.42 Å². The summed E-state index contributed by atoms with van der Waals surface area (Å²) in [4.78, 5) is 23.4. The van der Waals surface area contributed by atoms with E-state index in [2.05, 4.69) is 43.5 Å². The summed E-state index contributed by atoms with van der Waals surface area (Å²) in [5.74, 6) is -0.170. The van der Waals surface area contributed by atoms with Crippen molar-refractivity contribution in [2.24, 2.45) is 0 Å². The van der Waals surface area contributed by atoms with Crippen molar-refractivity contribution >= 4 is 13.7 Å². The van der Waals surface area contributed by atoms with Crippen molar-refractivity contribution in [2.75, 3.05) is 40.9 Å². The van der Waals surface area contributed by atoms with Gasteiger partial charge in [0.25, 0.3) is 0 Å². The van der Waals surface area contributed by atoms with Crippen molar-refractivity contribution in [3.05, 3.63) is 36.5 Å². The van der Waals surface area contributed by atoms with Gasteiger partial charge in [0.1, 0.15) is 13.2 Å². The smallest absolute Gasteiger partial charge is 0.387 e. The molecule has 0 aromatic carbocycles. The van der Waals surface area contributed by atoms with E-state index in [-0.39, 0.29) is 19.1 Å². The first-order valence-corrected chi connectivity index (χ1v) is 35.4. The molecule has 0 aliphatic heterocycles. The molecular formula is C68H134N2O6P+. The number of nitrogens with one attached hydrogen (secondary N) is 1. The molecule has 8 nitrogen and oxygen atoms in total. The largest absolute Gasteiger partial charge is 0.472 e. The minimum atomic E-state index is -4.35. The molecule has 3 N–H and O–H groups in total. The van der Waals surface area contributed by atoms with Crippen LogP contribution < -0.4 is 5.32 Å². The van der Waals surface area contributed by atoms with Crippen molar-refractivity contribution in [3.8, 4) is 0 Å². The van der Waals surface area contributed by atoms with Crippen LogP contribution in [0.3, 0.4) is 0 Å². The Morgan fingerprint density at radius 2 is 0.740 bits per heavy atom. The highest BCUT2D eigenvalue weighted by Gasteiger charge is 2.28. The van der Waals surface area contributed by atoms with Gasteiger partial charge in [-0.15, -0.1) is 0 Å². The maximum absolute atomic E-state index is 13.0. The lowest BCUT2D eigenvalue weighted by molar-refractivity contribution is -0.870. The number of unbranched alkanes of at least 4 members (excludes halogenated alkanes) is 46. The summed E-state index contributed by atoms with van der Waals surface area (Å²) >= 11 is 0. The Morgan fingerprint density at radius 3 is 1.06 bits per heavy atom. The number of aliphatic hydroxyl groups excluding tert-OH is 1. The molecule has 0 rings (SSSR count). The second-order valence-corrected chi connectivity index (χ2v) is 26.0. The summed E-state index contributed by atoms with van der Waals surface area (Å²) in [6.07, 6.45) is 78.5. The fraction of sp³-hybridized carbons (Fsp3) is 0.897. The molecule has 0 aromatic heterocycles. The first-order chi connectivity index (χ1) is 37.5. The van der Waals surface area contributed by atoms with Crippen LogP contribution in [0.25, 0.3) is 0 Å². The van der Waals surface area contributed by atoms with E-state index in [1.807, 2.05) is 27.2 Å². The number of carbonyl (C=O) groups excluding carboxylic acids is 1. The van der Waals surface area contributed by atoms with Crippen LogP contribution in [0, 0.1) is 0 Å². The predicted octanol–water partition coefficient (Wildman–Crippen LogP) is 21.3. The molecule has 0 saturated heterocycles. The Morgan fingerprint density at radius 1 is 0.442 bits per heavy atom. The third kappa shape index (κ3) is 62.2. The number of hydrogen-bond donors (Lipinski definition) is 3. The minimum Gasteiger partial charge on any atom is -0.387 e. The van der Waals surface area contributed by atoms with Crippen molar-refractivity contribution in [1.82, 2.24) is 5.32 Å². The fourth-order valence-corrected chi connectivity index (χ4v) is 11.0. The number of nitrogens with zero attached hydrogens (tertiary/aromatic N) is 1. The molecule has 0 aromatic rings. The average molecular weight is 1110 g/mol. The number of hydrogen-bond acceptors (Lipinski definition) is 5. The third-order valence-electron chi connectivity index (χ3n) is 15.6. The second-order valence-electron chi connectivity index (χ2n) is 24.6. The molecule has 9 heteroatoms. The molecule has 0 heterocycles. The monoisotopic (exact) mass is 1110 g/mol. The number of quaternary nitrogens is 1. The van der Waals surface area contributed by atoms with E-state index < -0.39 is 20.0 Å². The van der Waals surface area contributed by atoms with Gasteiger partial charge in [-0.2, -0.15) is 0 Å². The van der Waals surface area contributed by atoms with Gasteiger partial charge >= 0.3 is 7.82 Å². The van der Waals surface area contributed by atoms with Crippen molar-refractivity contribution in [2.45, 2.75) is 353 Å². The molecule has 0 fully saturated rings. The van der Waals surface area contributed by atoms with Crippen LogP contribution >= 0.6 is 7.82 Å². The van der Waals surface area contributed by atoms with Crippen molar-refractivity contribution in [1.29, 1.82) is 0 Å². The van der Waals surface area contributed by atoms with Gasteiger partial charge in [-0.25, -0.2) is 4.57 Å². The topological polar surface area (TPSA) is 105 Å². The Hall–Kier alpha value is -1.28. The maximum atomic E-state index is 13.0. The highest BCUT2D eigenvalue weighted by atomic mass is 31.2. The van der Waals surface area contributed by atoms with Crippen LogP contribution in [0.4, 0.5) is 0 Å². The standard InChI is InChI=1S/C68H133N2O6P/c1-6-8-10-12-14-16-18-20-22-24-26-28-30-31-32-33-34-35-36-37-38-39-40-42-44-46-48-50-52-54-56-58-60-62-68(72)69-66(65-76-77(73,74)75-64-63-70(3,4)5)67(71)61-59-57-55-53-51-49-47-45-43-41-29-27-25-23-21-19-17-15-13-11-9-7-2/h18,20,24,26,59,61,66-67,71H,6-17,19,21-23,25,27-58,60,62-65H2,1-5H3,(H-,69,72,73,74)/p+1/b20-18-,26-24-,61-59+. The summed E-state index contributed by atoms with van der Waals surface area (Å²) in [5.41, 5.74) is 0. The lowest BCUT2D eigenvalue weighted by Gasteiger charge is -2.25. The average Bonchev–Trinajstić information content (AvgIpc) is 3.39. The van der Waals surface area contributed by atoms with E-state index in [1.54, 1.807) is 6.08 Å². The zero-order valence-corrected chi connectivity index (χ0v) is 53.1. The molecule has 456 valence electrons. The molecule has 0 aliphatic carbocycles. The van der Waals surface area contributed by atoms with E-state index >= 15 is 0 Å². The Kier molecular flexibility index (Phi) is 58.4. The summed E-state index contributed by atoms with van der Waals surface area (Å²) in [7, 11) is 1.59. The normalized spacial score (nSPS) is 13.9. The third-order valence-corrected chi connectivity index (χ3v) is 16.6. The summed E-state index contributed by atoms with van der Waals surface area (Å²) < 4.78 is 23.8. The number of amides is 1. The number of allylic oxidation sites excluding steroid dienone is 5. The Bertz CT molecular complexity index is 1350. The second kappa shape index (κ2) is 59.3. The van der Waals surface area contributed by atoms with Crippen LogP contribution in [0.5, 0.6) is 0 Å². The van der Waals surface area contributed by atoms with Crippen molar-refractivity contribution < 1.29 is 32.9 Å². The molecule has 0 aliphatic rings. The molecule has 0 saturated carbocycles. The van der Waals surface area contributed by atoms with E-state index in [9.17, 15) is 19.4 Å². The highest BCUT2D eigenvalue weighted by molar-refractivity contribution is 7.47. The van der Waals surface area contributed by atoms with Gasteiger partial charge < -0.3 is 19.8 Å². The van der Waals surface area contributed by atoms with E-state index in [0.717, 1.165) is 38.5 Å². The summed E-state index contributed by atoms with van der Waals surface area (Å²) in [6.45, 7) is 4.86. The number of phosphoric ester groups is 1. The number of phosphoric acid groups is 1. The SMILES string of the molecule is CCCCCCC/C=C\C/C=C\CCCCCCCCCCCCCCCCCCCCCCCC(=O)NC(COP(=O)(O)OCC[N+](C)(C)C)C(O)/C=C/CCCCCCCCCCCCCCCCCCCCCC. The number of rotatable bonds is 63. The Labute approximate surface area is 480 Å². The fourth-order valence-electron chi connectivity index (χ4n) is 10.3. The van der Waals surface area contributed by atoms with Gasteiger partial charge in [-0.1, -0.05) is 320 Å². The van der Waals surface area contributed by atoms with Gasteiger partial charge in [0.05, 0.1) is 39.9 Å². The van der Waals surface area contributed by atoms with Crippen LogP contribution in [-0.2, 0) is 18.4 Å². The van der Waals surface area contributed by atoms with Gasteiger partial charge in [0.2, 0.25) is 5.91 Å². The quantitative estimate of drug-likeness (QED) is 0.0243. The number of carbonyl (C=O) groups is 1. The molecular weight excluding hydrogens is 972 g/mol. The van der Waals surface area contributed by atoms with Crippen LogP contribution in [0.1, 0.15) is 341 Å². The van der Waals surface area contributed by atoms with Gasteiger partial charge in [0.15, 0.2) is 0 Å². The lowest BCUT2D eigenvalue weighted by atomic mass is 10.0. The molecule has 3 atom stereocenters.